The Hall–Kier alpha value is -3.93. The van der Waals surface area contributed by atoms with Crippen LogP contribution in [-0.2, 0) is 6.54 Å². The molecule has 1 fully saturated rings. The topological polar surface area (TPSA) is 75.4 Å². The van der Waals surface area contributed by atoms with Crippen LogP contribution >= 0.6 is 0 Å². The van der Waals surface area contributed by atoms with Crippen LogP contribution in [0.15, 0.2) is 65.7 Å². The lowest BCUT2D eigenvalue weighted by atomic mass is 9.96. The number of aryl methyl sites for hydroxylation is 2. The van der Waals surface area contributed by atoms with E-state index in [9.17, 15) is 14.7 Å². The molecule has 0 atom stereocenters. The number of carbonyl (C=O) groups is 1. The zero-order valence-electron chi connectivity index (χ0n) is 19.6. The Morgan fingerprint density at radius 1 is 1.15 bits per heavy atom. The quantitative estimate of drug-likeness (QED) is 0.426. The molecule has 34 heavy (non-hydrogen) atoms. The highest BCUT2D eigenvalue weighted by atomic mass is 16.4. The third-order valence-corrected chi connectivity index (χ3v) is 6.60. The van der Waals surface area contributed by atoms with Gasteiger partial charge in [-0.25, -0.2) is 9.78 Å². The average molecular weight is 454 g/mol. The Balaban J connectivity index is 1.57. The van der Waals surface area contributed by atoms with E-state index >= 15 is 0 Å². The number of carboxylic acid groups (broad SMARTS) is 1. The monoisotopic (exact) mass is 453 g/mol. The number of nitrogens with zero attached hydrogens (tertiary/aromatic N) is 3. The van der Waals surface area contributed by atoms with E-state index < -0.39 is 11.4 Å². The molecule has 2 aromatic heterocycles. The van der Waals surface area contributed by atoms with Crippen LogP contribution in [0.1, 0.15) is 45.9 Å². The van der Waals surface area contributed by atoms with E-state index in [-0.39, 0.29) is 11.6 Å². The van der Waals surface area contributed by atoms with E-state index in [2.05, 4.69) is 30.0 Å². The molecule has 0 amide bonds. The number of benzene rings is 2. The second-order valence-electron chi connectivity index (χ2n) is 9.16. The third-order valence-electron chi connectivity index (χ3n) is 6.60. The molecule has 0 spiro atoms. The Labute approximate surface area is 198 Å². The van der Waals surface area contributed by atoms with Gasteiger partial charge in [-0.15, -0.1) is 0 Å². The first kappa shape index (κ1) is 21.9. The highest BCUT2D eigenvalue weighted by Crippen LogP contribution is 2.39. The molecule has 0 bridgehead atoms. The number of anilines is 1. The summed E-state index contributed by atoms with van der Waals surface area (Å²) in [5.41, 5.74) is 5.44. The summed E-state index contributed by atoms with van der Waals surface area (Å²) in [7, 11) is 2.04. The molecule has 0 radical (unpaired) electrons. The molecule has 1 N–H and O–H groups in total. The first-order chi connectivity index (χ1) is 16.3. The van der Waals surface area contributed by atoms with Gasteiger partial charge in [0.1, 0.15) is 11.4 Å². The van der Waals surface area contributed by atoms with Crippen molar-refractivity contribution >= 4 is 22.7 Å². The van der Waals surface area contributed by atoms with Crippen molar-refractivity contribution in [3.63, 3.8) is 0 Å². The molecule has 4 aromatic rings. The Kier molecular flexibility index (Phi) is 5.44. The number of rotatable bonds is 6. The van der Waals surface area contributed by atoms with E-state index in [4.69, 9.17) is 4.98 Å². The van der Waals surface area contributed by atoms with E-state index in [0.29, 0.717) is 5.39 Å². The predicted octanol–water partition coefficient (Wildman–Crippen LogP) is 5.35. The summed E-state index contributed by atoms with van der Waals surface area (Å²) in [4.78, 5) is 31.4. The van der Waals surface area contributed by atoms with Crippen molar-refractivity contribution in [3.8, 4) is 11.1 Å². The second-order valence-corrected chi connectivity index (χ2v) is 9.16. The van der Waals surface area contributed by atoms with E-state index in [1.807, 2.05) is 49.0 Å². The zero-order valence-corrected chi connectivity index (χ0v) is 19.6. The highest BCUT2D eigenvalue weighted by Gasteiger charge is 2.28. The normalized spacial score (nSPS) is 13.3. The van der Waals surface area contributed by atoms with Gasteiger partial charge in [-0.3, -0.25) is 4.79 Å². The minimum absolute atomic E-state index is 0.171. The summed E-state index contributed by atoms with van der Waals surface area (Å²) in [6.07, 6.45) is 5.38. The van der Waals surface area contributed by atoms with Gasteiger partial charge in [0, 0.05) is 43.0 Å². The third kappa shape index (κ3) is 3.85. The molecule has 1 aliphatic carbocycles. The van der Waals surface area contributed by atoms with E-state index in [1.165, 1.54) is 11.8 Å². The highest BCUT2D eigenvalue weighted by molar-refractivity contribution is 5.95. The lowest BCUT2D eigenvalue weighted by molar-refractivity contribution is 0.0695. The van der Waals surface area contributed by atoms with E-state index in [1.54, 1.807) is 6.07 Å². The van der Waals surface area contributed by atoms with Crippen molar-refractivity contribution in [2.45, 2.75) is 39.3 Å². The molecule has 2 aromatic carbocycles. The van der Waals surface area contributed by atoms with Gasteiger partial charge >= 0.3 is 5.97 Å². The van der Waals surface area contributed by atoms with Crippen LogP contribution in [0.2, 0.25) is 0 Å². The van der Waals surface area contributed by atoms with Gasteiger partial charge in [0.25, 0.3) is 0 Å². The van der Waals surface area contributed by atoms with Crippen molar-refractivity contribution in [3.05, 3.63) is 93.4 Å². The van der Waals surface area contributed by atoms with Crippen LogP contribution in [0.3, 0.4) is 0 Å². The van der Waals surface area contributed by atoms with Gasteiger partial charge in [-0.2, -0.15) is 0 Å². The number of hydrogen-bond acceptors (Lipinski definition) is 4. The molecule has 0 saturated heterocycles. The fourth-order valence-electron chi connectivity index (χ4n) is 4.78. The number of aromatic nitrogens is 2. The Morgan fingerprint density at radius 2 is 1.88 bits per heavy atom. The zero-order chi connectivity index (χ0) is 24.0. The van der Waals surface area contributed by atoms with Gasteiger partial charge < -0.3 is 14.6 Å². The summed E-state index contributed by atoms with van der Waals surface area (Å²) in [5, 5.41) is 9.98. The van der Waals surface area contributed by atoms with Gasteiger partial charge in [0.2, 0.25) is 5.43 Å². The first-order valence-electron chi connectivity index (χ1n) is 11.5. The summed E-state index contributed by atoms with van der Waals surface area (Å²) in [6, 6.07) is 16.3. The molecule has 1 saturated carbocycles. The van der Waals surface area contributed by atoms with Crippen LogP contribution in [0.4, 0.5) is 5.82 Å². The van der Waals surface area contributed by atoms with Gasteiger partial charge in [-0.05, 0) is 61.1 Å². The van der Waals surface area contributed by atoms with Crippen LogP contribution < -0.4 is 10.3 Å². The maximum atomic E-state index is 12.9. The standard InChI is InChI=1S/C28H27N3O3/c1-17-13-20(14-29-27(17)30(3)15-19-7-5-4-6-8-19)22-11-12-23-25(18(22)2)31(21-9-10-21)16-24(26(23)32)28(33)34/h4-8,11-14,16,21H,9-10,15H2,1-3H3,(H,33,34). The number of pyridine rings is 2. The molecule has 172 valence electrons. The number of carboxylic acids is 1. The SMILES string of the molecule is Cc1cc(-c2ccc3c(=O)c(C(=O)O)cn(C4CC4)c3c2C)cnc1N(C)Cc1ccccc1. The van der Waals surface area contributed by atoms with E-state index in [0.717, 1.165) is 53.0 Å². The van der Waals surface area contributed by atoms with Crippen LogP contribution in [0.25, 0.3) is 22.0 Å². The molecular weight excluding hydrogens is 426 g/mol. The molecule has 6 heteroatoms. The minimum atomic E-state index is -1.18. The molecular formula is C28H27N3O3. The minimum Gasteiger partial charge on any atom is -0.477 e. The Bertz CT molecular complexity index is 1470. The van der Waals surface area contributed by atoms with Crippen molar-refractivity contribution in [1.29, 1.82) is 0 Å². The first-order valence-corrected chi connectivity index (χ1v) is 11.5. The fraction of sp³-hybridized carbons (Fsp3) is 0.250. The molecule has 6 nitrogen and oxygen atoms in total. The fourth-order valence-corrected chi connectivity index (χ4v) is 4.78. The lowest BCUT2D eigenvalue weighted by Crippen LogP contribution is -2.19. The molecule has 1 aliphatic rings. The number of aromatic carboxylic acids is 1. The lowest BCUT2D eigenvalue weighted by Gasteiger charge is -2.21. The smallest absolute Gasteiger partial charge is 0.341 e. The van der Waals surface area contributed by atoms with Crippen LogP contribution in [0.5, 0.6) is 0 Å². The van der Waals surface area contributed by atoms with Crippen molar-refractivity contribution in [2.75, 3.05) is 11.9 Å². The summed E-state index contributed by atoms with van der Waals surface area (Å²) in [6.45, 7) is 4.83. The van der Waals surface area contributed by atoms with Crippen molar-refractivity contribution < 1.29 is 9.90 Å². The second kappa shape index (κ2) is 8.45. The molecule has 5 rings (SSSR count). The maximum Gasteiger partial charge on any atom is 0.341 e. The van der Waals surface area contributed by atoms with Gasteiger partial charge in [-0.1, -0.05) is 36.4 Å². The van der Waals surface area contributed by atoms with Crippen LogP contribution in [0, 0.1) is 13.8 Å². The summed E-state index contributed by atoms with van der Waals surface area (Å²) in [5.74, 6) is -0.259. The van der Waals surface area contributed by atoms with Crippen molar-refractivity contribution in [1.82, 2.24) is 9.55 Å². The summed E-state index contributed by atoms with van der Waals surface area (Å²) >= 11 is 0. The maximum absolute atomic E-state index is 12.9. The number of hydrogen-bond donors (Lipinski definition) is 1. The molecule has 0 unspecified atom stereocenters. The van der Waals surface area contributed by atoms with Crippen LogP contribution in [-0.4, -0.2) is 27.7 Å². The molecule has 2 heterocycles. The Morgan fingerprint density at radius 3 is 2.53 bits per heavy atom. The number of fused-ring (bicyclic) bond motifs is 1. The summed E-state index contributed by atoms with van der Waals surface area (Å²) < 4.78 is 1.99. The largest absolute Gasteiger partial charge is 0.477 e. The molecule has 0 aliphatic heterocycles. The van der Waals surface area contributed by atoms with Gasteiger partial charge in [0.15, 0.2) is 0 Å². The average Bonchev–Trinajstić information content (AvgIpc) is 3.65. The van der Waals surface area contributed by atoms with Gasteiger partial charge in [0.05, 0.1) is 5.52 Å². The predicted molar refractivity (Wildman–Crippen MR) is 135 cm³/mol. The van der Waals surface area contributed by atoms with Crippen molar-refractivity contribution in [2.24, 2.45) is 0 Å².